The fraction of sp³-hybridized carbons (Fsp3) is 0.769. The van der Waals surface area contributed by atoms with Gasteiger partial charge in [0.05, 0.1) is 5.51 Å². The van der Waals surface area contributed by atoms with Crippen molar-refractivity contribution in [2.45, 2.75) is 32.2 Å². The quantitative estimate of drug-likeness (QED) is 0.817. The minimum absolute atomic E-state index is 0.570. The van der Waals surface area contributed by atoms with Gasteiger partial charge < -0.3 is 5.32 Å². The number of nitrogens with one attached hydrogen (secondary N) is 1. The molecule has 2 atom stereocenters. The number of hydrogen-bond donors (Lipinski definition) is 1. The molecule has 1 saturated heterocycles. The van der Waals surface area contributed by atoms with Crippen LogP contribution in [0.2, 0.25) is 0 Å². The van der Waals surface area contributed by atoms with Crippen LogP contribution in [-0.4, -0.2) is 36.6 Å². The number of piperidine rings is 1. The largest absolute Gasteiger partial charge is 0.316 e. The lowest BCUT2D eigenvalue weighted by Gasteiger charge is -2.38. The second-order valence-corrected chi connectivity index (χ2v) is 5.85. The smallest absolute Gasteiger partial charge is 0.0794 e. The van der Waals surface area contributed by atoms with Gasteiger partial charge in [0.2, 0.25) is 0 Å². The van der Waals surface area contributed by atoms with Crippen molar-refractivity contribution in [2.75, 3.05) is 26.7 Å². The molecule has 96 valence electrons. The van der Waals surface area contributed by atoms with Crippen molar-refractivity contribution in [3.8, 4) is 0 Å². The van der Waals surface area contributed by atoms with E-state index in [4.69, 9.17) is 0 Å². The van der Waals surface area contributed by atoms with Crippen molar-refractivity contribution in [3.63, 3.8) is 0 Å². The van der Waals surface area contributed by atoms with Gasteiger partial charge in [-0.05, 0) is 51.9 Å². The molecule has 1 aromatic rings. The third-order valence-corrected chi connectivity index (χ3v) is 4.43. The summed E-state index contributed by atoms with van der Waals surface area (Å²) in [5, 5.41) is 3.57. The number of likely N-dealkylation sites (tertiary alicyclic amines) is 1. The molecule has 1 aliphatic rings. The first kappa shape index (κ1) is 13.0. The summed E-state index contributed by atoms with van der Waals surface area (Å²) in [7, 11) is 2.25. The standard InChI is InChI=1S/C13H23N3S/c1-3-6-14-8-11-5-4-7-16(2)13(11)12-9-15-10-17-12/h9-11,13-14H,3-8H2,1-2H3. The molecule has 0 saturated carbocycles. The van der Waals surface area contributed by atoms with Crippen molar-refractivity contribution in [1.82, 2.24) is 15.2 Å². The van der Waals surface area contributed by atoms with Crippen LogP contribution < -0.4 is 5.32 Å². The molecule has 0 aliphatic carbocycles. The summed E-state index contributed by atoms with van der Waals surface area (Å²) in [4.78, 5) is 8.16. The second-order valence-electron chi connectivity index (χ2n) is 4.94. The topological polar surface area (TPSA) is 28.2 Å². The maximum Gasteiger partial charge on any atom is 0.0794 e. The number of nitrogens with zero attached hydrogens (tertiary/aromatic N) is 2. The molecule has 4 heteroatoms. The van der Waals surface area contributed by atoms with Crippen LogP contribution in [0.25, 0.3) is 0 Å². The molecule has 0 bridgehead atoms. The minimum Gasteiger partial charge on any atom is -0.316 e. The molecule has 0 spiro atoms. The molecule has 1 N–H and O–H groups in total. The van der Waals surface area contributed by atoms with Crippen molar-refractivity contribution in [1.29, 1.82) is 0 Å². The second kappa shape index (κ2) is 6.47. The Hall–Kier alpha value is -0.450. The van der Waals surface area contributed by atoms with Gasteiger partial charge in [-0.2, -0.15) is 0 Å². The maximum absolute atomic E-state index is 4.23. The highest BCUT2D eigenvalue weighted by Crippen LogP contribution is 2.36. The van der Waals surface area contributed by atoms with Crippen molar-refractivity contribution in [3.05, 3.63) is 16.6 Å². The van der Waals surface area contributed by atoms with E-state index in [9.17, 15) is 0 Å². The Morgan fingerprint density at radius 1 is 1.59 bits per heavy atom. The van der Waals surface area contributed by atoms with Gasteiger partial charge in [-0.1, -0.05) is 6.92 Å². The summed E-state index contributed by atoms with van der Waals surface area (Å²) in [6.45, 7) is 5.71. The highest BCUT2D eigenvalue weighted by Gasteiger charge is 2.30. The zero-order chi connectivity index (χ0) is 12.1. The van der Waals surface area contributed by atoms with Crippen LogP contribution in [0.5, 0.6) is 0 Å². The van der Waals surface area contributed by atoms with Crippen LogP contribution in [0.15, 0.2) is 11.7 Å². The molecule has 0 amide bonds. The Labute approximate surface area is 108 Å². The molecule has 2 rings (SSSR count). The van der Waals surface area contributed by atoms with Gasteiger partial charge in [-0.25, -0.2) is 0 Å². The molecule has 0 radical (unpaired) electrons. The van der Waals surface area contributed by atoms with E-state index in [1.165, 1.54) is 30.7 Å². The minimum atomic E-state index is 0.570. The lowest BCUT2D eigenvalue weighted by Crippen LogP contribution is -2.40. The zero-order valence-corrected chi connectivity index (χ0v) is 11.7. The van der Waals surface area contributed by atoms with E-state index in [1.54, 1.807) is 11.3 Å². The predicted molar refractivity (Wildman–Crippen MR) is 73.4 cm³/mol. The SMILES string of the molecule is CCCNCC1CCCN(C)C1c1cncs1. The summed E-state index contributed by atoms with van der Waals surface area (Å²) in [5.41, 5.74) is 1.95. The molecule has 17 heavy (non-hydrogen) atoms. The maximum atomic E-state index is 4.23. The molecular formula is C13H23N3S. The van der Waals surface area contributed by atoms with Gasteiger partial charge in [0, 0.05) is 17.1 Å². The van der Waals surface area contributed by atoms with Crippen molar-refractivity contribution in [2.24, 2.45) is 5.92 Å². The van der Waals surface area contributed by atoms with Crippen LogP contribution in [0, 0.1) is 5.92 Å². The van der Waals surface area contributed by atoms with Crippen LogP contribution in [0.1, 0.15) is 37.1 Å². The Morgan fingerprint density at radius 3 is 3.18 bits per heavy atom. The van der Waals surface area contributed by atoms with E-state index in [0.717, 1.165) is 19.0 Å². The predicted octanol–water partition coefficient (Wildman–Crippen LogP) is 2.53. The van der Waals surface area contributed by atoms with Gasteiger partial charge in [0.15, 0.2) is 0 Å². The third kappa shape index (κ3) is 3.27. The summed E-state index contributed by atoms with van der Waals surface area (Å²) in [5.74, 6) is 0.737. The molecular weight excluding hydrogens is 230 g/mol. The average Bonchev–Trinajstić information content (AvgIpc) is 2.83. The Kier molecular flexibility index (Phi) is 4.95. The monoisotopic (exact) mass is 253 g/mol. The number of rotatable bonds is 5. The van der Waals surface area contributed by atoms with Gasteiger partial charge in [0.1, 0.15) is 0 Å². The zero-order valence-electron chi connectivity index (χ0n) is 10.9. The van der Waals surface area contributed by atoms with E-state index < -0.39 is 0 Å². The Morgan fingerprint density at radius 2 is 2.47 bits per heavy atom. The molecule has 1 aromatic heterocycles. The van der Waals surface area contributed by atoms with E-state index in [2.05, 4.69) is 29.2 Å². The molecule has 1 aliphatic heterocycles. The molecule has 3 nitrogen and oxygen atoms in total. The lowest BCUT2D eigenvalue weighted by atomic mass is 9.88. The first-order valence-corrected chi connectivity index (χ1v) is 7.50. The van der Waals surface area contributed by atoms with E-state index in [0.29, 0.717) is 6.04 Å². The first-order chi connectivity index (χ1) is 8.33. The van der Waals surface area contributed by atoms with Crippen LogP contribution in [0.4, 0.5) is 0 Å². The molecule has 1 fully saturated rings. The van der Waals surface area contributed by atoms with E-state index in [1.807, 2.05) is 11.7 Å². The number of aromatic nitrogens is 1. The van der Waals surface area contributed by atoms with E-state index in [-0.39, 0.29) is 0 Å². The summed E-state index contributed by atoms with van der Waals surface area (Å²) in [6, 6.07) is 0.570. The molecule has 2 heterocycles. The molecule has 2 unspecified atom stereocenters. The Bertz CT molecular complexity index is 312. The third-order valence-electron chi connectivity index (χ3n) is 3.58. The molecule has 0 aromatic carbocycles. The van der Waals surface area contributed by atoms with Crippen molar-refractivity contribution < 1.29 is 0 Å². The van der Waals surface area contributed by atoms with Gasteiger partial charge in [-0.15, -0.1) is 11.3 Å². The highest BCUT2D eigenvalue weighted by atomic mass is 32.1. The average molecular weight is 253 g/mol. The first-order valence-electron chi connectivity index (χ1n) is 6.62. The summed E-state index contributed by atoms with van der Waals surface area (Å²) < 4.78 is 0. The lowest BCUT2D eigenvalue weighted by molar-refractivity contribution is 0.122. The van der Waals surface area contributed by atoms with Crippen LogP contribution in [-0.2, 0) is 0 Å². The fourth-order valence-corrected chi connectivity index (χ4v) is 3.64. The summed E-state index contributed by atoms with van der Waals surface area (Å²) in [6.07, 6.45) is 5.92. The fourth-order valence-electron chi connectivity index (χ4n) is 2.76. The van der Waals surface area contributed by atoms with Gasteiger partial charge in [-0.3, -0.25) is 9.88 Å². The van der Waals surface area contributed by atoms with Gasteiger partial charge in [0.25, 0.3) is 0 Å². The number of thiazole rings is 1. The van der Waals surface area contributed by atoms with Gasteiger partial charge >= 0.3 is 0 Å². The summed E-state index contributed by atoms with van der Waals surface area (Å²) >= 11 is 1.80. The van der Waals surface area contributed by atoms with Crippen molar-refractivity contribution >= 4 is 11.3 Å². The van der Waals surface area contributed by atoms with Crippen LogP contribution in [0.3, 0.4) is 0 Å². The highest BCUT2D eigenvalue weighted by molar-refractivity contribution is 7.09. The normalized spacial score (nSPS) is 26.2. The van der Waals surface area contributed by atoms with Crippen LogP contribution >= 0.6 is 11.3 Å². The number of hydrogen-bond acceptors (Lipinski definition) is 4. The van der Waals surface area contributed by atoms with E-state index >= 15 is 0 Å². The Balaban J connectivity index is 2.01.